The molecular weight excluding hydrogens is 342 g/mol. The molecule has 0 saturated carbocycles. The minimum Gasteiger partial charge on any atom is -0.382 e. The summed E-state index contributed by atoms with van der Waals surface area (Å²) in [5, 5.41) is 2.74. The third-order valence-corrected chi connectivity index (χ3v) is 3.88. The first-order valence-corrected chi connectivity index (χ1v) is 8.26. The van der Waals surface area contributed by atoms with E-state index in [2.05, 4.69) is 15.3 Å². The SMILES string of the molecule is CN(C)C(=O)c1ccc(-c2cnc(N)c(C(=O)Nc3ccccc3)n2)cc1. The van der Waals surface area contributed by atoms with E-state index in [9.17, 15) is 9.59 Å². The van der Waals surface area contributed by atoms with E-state index in [1.165, 1.54) is 11.1 Å². The van der Waals surface area contributed by atoms with Gasteiger partial charge in [-0.25, -0.2) is 9.97 Å². The molecule has 0 bridgehead atoms. The van der Waals surface area contributed by atoms with E-state index in [0.29, 0.717) is 16.9 Å². The molecule has 136 valence electrons. The maximum atomic E-state index is 12.5. The molecule has 0 aliphatic heterocycles. The Labute approximate surface area is 156 Å². The second-order valence-electron chi connectivity index (χ2n) is 6.09. The van der Waals surface area contributed by atoms with Gasteiger partial charge in [-0.05, 0) is 24.3 Å². The van der Waals surface area contributed by atoms with E-state index < -0.39 is 5.91 Å². The van der Waals surface area contributed by atoms with Gasteiger partial charge in [0, 0.05) is 30.9 Å². The van der Waals surface area contributed by atoms with Crippen LogP contribution in [0.5, 0.6) is 0 Å². The minimum absolute atomic E-state index is 0.0461. The van der Waals surface area contributed by atoms with Gasteiger partial charge < -0.3 is 16.0 Å². The largest absolute Gasteiger partial charge is 0.382 e. The fraction of sp³-hybridized carbons (Fsp3) is 0.100. The summed E-state index contributed by atoms with van der Waals surface area (Å²) in [5.41, 5.74) is 8.30. The van der Waals surface area contributed by atoms with Crippen LogP contribution in [-0.2, 0) is 0 Å². The number of nitrogen functional groups attached to an aromatic ring is 1. The summed E-state index contributed by atoms with van der Waals surface area (Å²) in [6, 6.07) is 16.0. The summed E-state index contributed by atoms with van der Waals surface area (Å²) in [5.74, 6) is -0.480. The Morgan fingerprint density at radius 3 is 2.30 bits per heavy atom. The van der Waals surface area contributed by atoms with Gasteiger partial charge in [-0.15, -0.1) is 0 Å². The maximum Gasteiger partial charge on any atom is 0.278 e. The third kappa shape index (κ3) is 4.09. The minimum atomic E-state index is -0.438. The van der Waals surface area contributed by atoms with Crippen molar-refractivity contribution in [2.45, 2.75) is 0 Å². The van der Waals surface area contributed by atoms with Gasteiger partial charge >= 0.3 is 0 Å². The number of aromatic nitrogens is 2. The molecule has 1 heterocycles. The molecule has 0 aliphatic carbocycles. The molecule has 0 saturated heterocycles. The molecule has 3 aromatic rings. The van der Waals surface area contributed by atoms with Crippen LogP contribution in [0.4, 0.5) is 11.5 Å². The molecule has 0 unspecified atom stereocenters. The fourth-order valence-electron chi connectivity index (χ4n) is 2.46. The van der Waals surface area contributed by atoms with Crippen molar-refractivity contribution in [3.8, 4) is 11.3 Å². The Bertz CT molecular complexity index is 969. The highest BCUT2D eigenvalue weighted by atomic mass is 16.2. The van der Waals surface area contributed by atoms with Gasteiger partial charge in [0.25, 0.3) is 11.8 Å². The first-order chi connectivity index (χ1) is 13.0. The number of hydrogen-bond donors (Lipinski definition) is 2. The number of para-hydroxylation sites is 1. The number of nitrogens with two attached hydrogens (primary N) is 1. The van der Waals surface area contributed by atoms with Crippen molar-refractivity contribution in [3.05, 3.63) is 72.1 Å². The quantitative estimate of drug-likeness (QED) is 0.744. The molecule has 2 aromatic carbocycles. The second-order valence-corrected chi connectivity index (χ2v) is 6.09. The molecule has 0 atom stereocenters. The van der Waals surface area contributed by atoms with Gasteiger partial charge in [-0.1, -0.05) is 30.3 Å². The standard InChI is InChI=1S/C20H19N5O2/c1-25(2)20(27)14-10-8-13(9-11-14)16-12-22-18(21)17(24-16)19(26)23-15-6-4-3-5-7-15/h3-12H,1-2H3,(H2,21,22)(H,23,26). The number of anilines is 2. The van der Waals surface area contributed by atoms with Crippen molar-refractivity contribution in [2.75, 3.05) is 25.1 Å². The fourth-order valence-corrected chi connectivity index (χ4v) is 2.46. The summed E-state index contributed by atoms with van der Waals surface area (Å²) >= 11 is 0. The number of hydrogen-bond acceptors (Lipinski definition) is 5. The van der Waals surface area contributed by atoms with Crippen LogP contribution in [0.15, 0.2) is 60.8 Å². The Hall–Kier alpha value is -3.74. The van der Waals surface area contributed by atoms with E-state index in [0.717, 1.165) is 5.56 Å². The van der Waals surface area contributed by atoms with E-state index in [4.69, 9.17) is 5.73 Å². The van der Waals surface area contributed by atoms with Crippen LogP contribution in [0.1, 0.15) is 20.8 Å². The van der Waals surface area contributed by atoms with Crippen molar-refractivity contribution < 1.29 is 9.59 Å². The Kier molecular flexibility index (Phi) is 5.12. The number of nitrogens with one attached hydrogen (secondary N) is 1. The summed E-state index contributed by atoms with van der Waals surface area (Å²) in [7, 11) is 3.39. The van der Waals surface area contributed by atoms with Gasteiger partial charge in [-0.2, -0.15) is 0 Å². The summed E-state index contributed by atoms with van der Waals surface area (Å²) in [4.78, 5) is 34.4. The average Bonchev–Trinajstić information content (AvgIpc) is 2.68. The van der Waals surface area contributed by atoms with Crippen LogP contribution in [0.3, 0.4) is 0 Å². The molecule has 7 nitrogen and oxygen atoms in total. The number of amides is 2. The zero-order chi connectivity index (χ0) is 19.4. The molecule has 0 fully saturated rings. The molecule has 0 aliphatic rings. The highest BCUT2D eigenvalue weighted by Gasteiger charge is 2.15. The van der Waals surface area contributed by atoms with Gasteiger partial charge in [0.1, 0.15) is 0 Å². The van der Waals surface area contributed by atoms with Crippen molar-refractivity contribution in [2.24, 2.45) is 0 Å². The summed E-state index contributed by atoms with van der Waals surface area (Å²) in [6.07, 6.45) is 1.50. The predicted molar refractivity (Wildman–Crippen MR) is 104 cm³/mol. The monoisotopic (exact) mass is 361 g/mol. The van der Waals surface area contributed by atoms with Crippen LogP contribution in [0.25, 0.3) is 11.3 Å². The number of carbonyl (C=O) groups excluding carboxylic acids is 2. The first kappa shape index (κ1) is 18.1. The van der Waals surface area contributed by atoms with E-state index in [1.54, 1.807) is 50.5 Å². The van der Waals surface area contributed by atoms with Crippen molar-refractivity contribution >= 4 is 23.3 Å². The molecule has 0 radical (unpaired) electrons. The van der Waals surface area contributed by atoms with Crippen LogP contribution in [0, 0.1) is 0 Å². The Balaban J connectivity index is 1.87. The highest BCUT2D eigenvalue weighted by Crippen LogP contribution is 2.20. The van der Waals surface area contributed by atoms with Crippen LogP contribution in [-0.4, -0.2) is 40.8 Å². The lowest BCUT2D eigenvalue weighted by Crippen LogP contribution is -2.21. The second kappa shape index (κ2) is 7.65. The maximum absolute atomic E-state index is 12.5. The highest BCUT2D eigenvalue weighted by molar-refractivity contribution is 6.06. The number of benzene rings is 2. The number of carbonyl (C=O) groups is 2. The molecule has 0 spiro atoms. The van der Waals surface area contributed by atoms with E-state index in [1.807, 2.05) is 18.2 Å². The Morgan fingerprint density at radius 1 is 1.00 bits per heavy atom. The van der Waals surface area contributed by atoms with E-state index >= 15 is 0 Å². The lowest BCUT2D eigenvalue weighted by Gasteiger charge is -2.11. The number of nitrogens with zero attached hydrogens (tertiary/aromatic N) is 3. The zero-order valence-electron chi connectivity index (χ0n) is 15.0. The van der Waals surface area contributed by atoms with Crippen LogP contribution < -0.4 is 11.1 Å². The predicted octanol–water partition coefficient (Wildman–Crippen LogP) is 2.68. The van der Waals surface area contributed by atoms with Gasteiger partial charge in [0.15, 0.2) is 11.5 Å². The lowest BCUT2D eigenvalue weighted by atomic mass is 10.1. The van der Waals surface area contributed by atoms with Crippen molar-refractivity contribution in [1.82, 2.24) is 14.9 Å². The zero-order valence-corrected chi connectivity index (χ0v) is 15.0. The van der Waals surface area contributed by atoms with Crippen molar-refractivity contribution in [3.63, 3.8) is 0 Å². The summed E-state index contributed by atoms with van der Waals surface area (Å²) < 4.78 is 0. The van der Waals surface area contributed by atoms with Gasteiger partial charge in [0.05, 0.1) is 11.9 Å². The third-order valence-electron chi connectivity index (χ3n) is 3.88. The normalized spacial score (nSPS) is 10.3. The molecule has 3 N–H and O–H groups in total. The number of rotatable bonds is 4. The van der Waals surface area contributed by atoms with Crippen LogP contribution >= 0.6 is 0 Å². The Morgan fingerprint density at radius 2 is 1.67 bits per heavy atom. The van der Waals surface area contributed by atoms with Crippen molar-refractivity contribution in [1.29, 1.82) is 0 Å². The first-order valence-electron chi connectivity index (χ1n) is 8.26. The molecule has 2 amide bonds. The molecule has 7 heteroatoms. The van der Waals surface area contributed by atoms with Gasteiger partial charge in [-0.3, -0.25) is 9.59 Å². The smallest absolute Gasteiger partial charge is 0.278 e. The van der Waals surface area contributed by atoms with Gasteiger partial charge in [0.2, 0.25) is 0 Å². The lowest BCUT2D eigenvalue weighted by molar-refractivity contribution is 0.0827. The topological polar surface area (TPSA) is 101 Å². The summed E-state index contributed by atoms with van der Waals surface area (Å²) in [6.45, 7) is 0. The van der Waals surface area contributed by atoms with Crippen LogP contribution in [0.2, 0.25) is 0 Å². The average molecular weight is 361 g/mol. The molecule has 3 rings (SSSR count). The molecule has 27 heavy (non-hydrogen) atoms. The van der Waals surface area contributed by atoms with E-state index in [-0.39, 0.29) is 17.4 Å². The molecule has 1 aromatic heterocycles. The molecular formula is C20H19N5O2.